The van der Waals surface area contributed by atoms with E-state index in [-0.39, 0.29) is 5.82 Å². The number of hydrogen-bond donors (Lipinski definition) is 1. The van der Waals surface area contributed by atoms with Crippen molar-refractivity contribution in [3.05, 3.63) is 48.3 Å². The van der Waals surface area contributed by atoms with Crippen LogP contribution < -0.4 is 5.73 Å². The van der Waals surface area contributed by atoms with Crippen molar-refractivity contribution >= 4 is 0 Å². The number of halogens is 1. The summed E-state index contributed by atoms with van der Waals surface area (Å²) in [6, 6.07) is 6.60. The fraction of sp³-hybridized carbons (Fsp3) is 0.182. The van der Waals surface area contributed by atoms with E-state index in [4.69, 9.17) is 5.73 Å². The molecule has 0 unspecified atom stereocenters. The summed E-state index contributed by atoms with van der Waals surface area (Å²) in [6.45, 7) is 0.550. The minimum atomic E-state index is -0.255. The van der Waals surface area contributed by atoms with Crippen molar-refractivity contribution in [2.45, 2.75) is 6.42 Å². The molecule has 0 aliphatic heterocycles. The van der Waals surface area contributed by atoms with E-state index < -0.39 is 0 Å². The van der Waals surface area contributed by atoms with Gasteiger partial charge in [0, 0.05) is 12.6 Å². The Morgan fingerprint density at radius 1 is 1.33 bits per heavy atom. The van der Waals surface area contributed by atoms with E-state index in [1.165, 1.54) is 6.07 Å². The Morgan fingerprint density at radius 3 is 2.87 bits per heavy atom. The molecule has 0 atom stereocenters. The average Bonchev–Trinajstić information content (AvgIpc) is 2.68. The normalized spacial score (nSPS) is 10.5. The van der Waals surface area contributed by atoms with Crippen LogP contribution in [0.3, 0.4) is 0 Å². The first-order chi connectivity index (χ1) is 7.31. The predicted octanol–water partition coefficient (Wildman–Crippen LogP) is 1.51. The Kier molecular flexibility index (Phi) is 2.78. The van der Waals surface area contributed by atoms with Crippen LogP contribution in [0.2, 0.25) is 0 Å². The first-order valence-corrected chi connectivity index (χ1v) is 4.79. The Labute approximate surface area is 87.4 Å². The highest BCUT2D eigenvalue weighted by atomic mass is 19.1. The Hall–Kier alpha value is -1.68. The molecule has 2 N–H and O–H groups in total. The molecular formula is C11H12FN3. The molecule has 15 heavy (non-hydrogen) atoms. The number of rotatable bonds is 3. The highest BCUT2D eigenvalue weighted by molar-refractivity contribution is 5.33. The fourth-order valence-electron chi connectivity index (χ4n) is 1.43. The Morgan fingerprint density at radius 2 is 2.13 bits per heavy atom. The molecule has 4 heteroatoms. The van der Waals surface area contributed by atoms with Gasteiger partial charge < -0.3 is 10.3 Å². The molecule has 0 bridgehead atoms. The number of aromatic nitrogens is 2. The van der Waals surface area contributed by atoms with Gasteiger partial charge in [0.1, 0.15) is 5.82 Å². The van der Waals surface area contributed by atoms with Gasteiger partial charge in [-0.2, -0.15) is 0 Å². The maximum absolute atomic E-state index is 13.4. The highest BCUT2D eigenvalue weighted by Crippen LogP contribution is 2.12. The van der Waals surface area contributed by atoms with Crippen molar-refractivity contribution in [3.63, 3.8) is 0 Å². The summed E-state index contributed by atoms with van der Waals surface area (Å²) in [5.41, 5.74) is 6.80. The minimum absolute atomic E-state index is 0.255. The van der Waals surface area contributed by atoms with E-state index in [1.807, 2.05) is 0 Å². The smallest absolute Gasteiger partial charge is 0.147 e. The summed E-state index contributed by atoms with van der Waals surface area (Å²) in [7, 11) is 0. The Balaban J connectivity index is 2.33. The standard InChI is InChI=1S/C11H12FN3/c12-10-3-1-2-4-11(10)15-7-9(5-6-13)14-8-15/h1-4,7-8H,5-6,13H2. The van der Waals surface area contributed by atoms with Gasteiger partial charge in [-0.25, -0.2) is 9.37 Å². The summed E-state index contributed by atoms with van der Waals surface area (Å²) >= 11 is 0. The summed E-state index contributed by atoms with van der Waals surface area (Å²) in [4.78, 5) is 4.14. The quantitative estimate of drug-likeness (QED) is 0.825. The van der Waals surface area contributed by atoms with Crippen LogP contribution in [-0.2, 0) is 6.42 Å². The zero-order chi connectivity index (χ0) is 10.7. The summed E-state index contributed by atoms with van der Waals surface area (Å²) in [5, 5.41) is 0. The van der Waals surface area contributed by atoms with Crippen LogP contribution in [0, 0.1) is 5.82 Å². The number of hydrogen-bond acceptors (Lipinski definition) is 2. The lowest BCUT2D eigenvalue weighted by molar-refractivity contribution is 0.618. The molecule has 0 saturated heterocycles. The molecule has 0 aliphatic rings. The van der Waals surface area contributed by atoms with Crippen LogP contribution in [0.4, 0.5) is 4.39 Å². The lowest BCUT2D eigenvalue weighted by Gasteiger charge is -2.01. The van der Waals surface area contributed by atoms with E-state index in [0.717, 1.165) is 5.69 Å². The zero-order valence-electron chi connectivity index (χ0n) is 8.23. The average molecular weight is 205 g/mol. The van der Waals surface area contributed by atoms with Crippen molar-refractivity contribution in [2.75, 3.05) is 6.54 Å². The fourth-order valence-corrected chi connectivity index (χ4v) is 1.43. The molecule has 0 aliphatic carbocycles. The van der Waals surface area contributed by atoms with Crippen LogP contribution in [0.25, 0.3) is 5.69 Å². The predicted molar refractivity (Wildman–Crippen MR) is 56.3 cm³/mol. The van der Waals surface area contributed by atoms with Crippen LogP contribution in [0.15, 0.2) is 36.8 Å². The third-order valence-electron chi connectivity index (χ3n) is 2.17. The zero-order valence-corrected chi connectivity index (χ0v) is 8.23. The van der Waals surface area contributed by atoms with E-state index in [9.17, 15) is 4.39 Å². The van der Waals surface area contributed by atoms with E-state index in [0.29, 0.717) is 18.7 Å². The van der Waals surface area contributed by atoms with Gasteiger partial charge in [0.25, 0.3) is 0 Å². The second-order valence-corrected chi connectivity index (χ2v) is 3.26. The molecule has 1 aromatic heterocycles. The third kappa shape index (κ3) is 2.05. The van der Waals surface area contributed by atoms with E-state index >= 15 is 0 Å². The molecule has 0 radical (unpaired) electrons. The first kappa shape index (κ1) is 9.86. The number of benzene rings is 1. The minimum Gasteiger partial charge on any atom is -0.330 e. The van der Waals surface area contributed by atoms with Crippen molar-refractivity contribution in [3.8, 4) is 5.69 Å². The molecule has 0 fully saturated rings. The van der Waals surface area contributed by atoms with Crippen molar-refractivity contribution in [1.29, 1.82) is 0 Å². The van der Waals surface area contributed by atoms with Crippen molar-refractivity contribution < 1.29 is 4.39 Å². The molecule has 2 aromatic rings. The second kappa shape index (κ2) is 4.23. The van der Waals surface area contributed by atoms with Crippen molar-refractivity contribution in [2.24, 2.45) is 5.73 Å². The van der Waals surface area contributed by atoms with Gasteiger partial charge in [0.15, 0.2) is 0 Å². The van der Waals surface area contributed by atoms with Gasteiger partial charge in [-0.1, -0.05) is 12.1 Å². The van der Waals surface area contributed by atoms with Crippen LogP contribution in [0.1, 0.15) is 5.69 Å². The van der Waals surface area contributed by atoms with Crippen LogP contribution >= 0.6 is 0 Å². The van der Waals surface area contributed by atoms with Crippen molar-refractivity contribution in [1.82, 2.24) is 9.55 Å². The second-order valence-electron chi connectivity index (χ2n) is 3.26. The maximum atomic E-state index is 13.4. The summed E-state index contributed by atoms with van der Waals surface area (Å²) < 4.78 is 15.1. The number of imidazole rings is 1. The summed E-state index contributed by atoms with van der Waals surface area (Å²) in [6.07, 6.45) is 4.11. The van der Waals surface area contributed by atoms with Gasteiger partial charge in [-0.15, -0.1) is 0 Å². The molecule has 3 nitrogen and oxygen atoms in total. The van der Waals surface area contributed by atoms with Gasteiger partial charge in [0.05, 0.1) is 17.7 Å². The number of nitrogens with two attached hydrogens (primary N) is 1. The van der Waals surface area contributed by atoms with Gasteiger partial charge in [-0.05, 0) is 18.7 Å². The largest absolute Gasteiger partial charge is 0.330 e. The topological polar surface area (TPSA) is 43.8 Å². The number of para-hydroxylation sites is 1. The van der Waals surface area contributed by atoms with Gasteiger partial charge in [0.2, 0.25) is 0 Å². The number of nitrogens with zero attached hydrogens (tertiary/aromatic N) is 2. The first-order valence-electron chi connectivity index (χ1n) is 4.79. The molecule has 0 saturated carbocycles. The highest BCUT2D eigenvalue weighted by Gasteiger charge is 2.04. The van der Waals surface area contributed by atoms with Crippen LogP contribution in [-0.4, -0.2) is 16.1 Å². The monoisotopic (exact) mass is 205 g/mol. The van der Waals surface area contributed by atoms with E-state index in [1.54, 1.807) is 35.3 Å². The summed E-state index contributed by atoms with van der Waals surface area (Å²) in [5.74, 6) is -0.255. The molecule has 0 spiro atoms. The SMILES string of the molecule is NCCc1cn(-c2ccccc2F)cn1. The lowest BCUT2D eigenvalue weighted by atomic mass is 10.3. The van der Waals surface area contributed by atoms with E-state index in [2.05, 4.69) is 4.98 Å². The molecule has 2 rings (SSSR count). The maximum Gasteiger partial charge on any atom is 0.147 e. The van der Waals surface area contributed by atoms with Gasteiger partial charge >= 0.3 is 0 Å². The lowest BCUT2D eigenvalue weighted by Crippen LogP contribution is -2.02. The molecule has 1 heterocycles. The van der Waals surface area contributed by atoms with Crippen LogP contribution in [0.5, 0.6) is 0 Å². The molecule has 78 valence electrons. The Bertz CT molecular complexity index is 451. The molecule has 1 aromatic carbocycles. The third-order valence-corrected chi connectivity index (χ3v) is 2.17. The van der Waals surface area contributed by atoms with Gasteiger partial charge in [-0.3, -0.25) is 0 Å². The molecule has 0 amide bonds. The molecular weight excluding hydrogens is 193 g/mol.